The molecule has 2 unspecified atom stereocenters. The number of rotatable bonds is 5. The maximum Gasteiger partial charge on any atom is 0.0895 e. The van der Waals surface area contributed by atoms with Crippen LogP contribution in [0.2, 0.25) is 0 Å². The third kappa shape index (κ3) is 2.44. The zero-order valence-electron chi connectivity index (χ0n) is 7.88. The SMILES string of the molecule is CC(NCC(O)CO)C1(C)CC1. The van der Waals surface area contributed by atoms with Gasteiger partial charge in [-0.2, -0.15) is 0 Å². The van der Waals surface area contributed by atoms with E-state index in [4.69, 9.17) is 10.2 Å². The summed E-state index contributed by atoms with van der Waals surface area (Å²) < 4.78 is 0. The topological polar surface area (TPSA) is 52.5 Å². The summed E-state index contributed by atoms with van der Waals surface area (Å²) in [6.07, 6.45) is 1.93. The molecule has 1 fully saturated rings. The Kier molecular flexibility index (Phi) is 3.09. The zero-order chi connectivity index (χ0) is 9.19. The molecule has 0 radical (unpaired) electrons. The van der Waals surface area contributed by atoms with E-state index < -0.39 is 6.10 Å². The highest BCUT2D eigenvalue weighted by molar-refractivity contribution is 4.96. The molecule has 0 aromatic rings. The summed E-state index contributed by atoms with van der Waals surface area (Å²) in [4.78, 5) is 0. The van der Waals surface area contributed by atoms with Crippen LogP contribution < -0.4 is 5.32 Å². The minimum absolute atomic E-state index is 0.156. The summed E-state index contributed by atoms with van der Waals surface area (Å²) >= 11 is 0. The van der Waals surface area contributed by atoms with Gasteiger partial charge in [-0.1, -0.05) is 6.92 Å². The van der Waals surface area contributed by atoms with E-state index in [9.17, 15) is 0 Å². The van der Waals surface area contributed by atoms with Crippen molar-refractivity contribution in [3.05, 3.63) is 0 Å². The fraction of sp³-hybridized carbons (Fsp3) is 1.00. The van der Waals surface area contributed by atoms with Crippen molar-refractivity contribution >= 4 is 0 Å². The monoisotopic (exact) mass is 173 g/mol. The normalized spacial score (nSPS) is 25.0. The predicted molar refractivity (Wildman–Crippen MR) is 47.9 cm³/mol. The zero-order valence-corrected chi connectivity index (χ0v) is 7.88. The Hall–Kier alpha value is -0.120. The van der Waals surface area contributed by atoms with Gasteiger partial charge in [-0.3, -0.25) is 0 Å². The molecule has 1 aliphatic rings. The Morgan fingerprint density at radius 3 is 2.50 bits per heavy atom. The van der Waals surface area contributed by atoms with E-state index in [0.29, 0.717) is 18.0 Å². The van der Waals surface area contributed by atoms with Crippen LogP contribution in [0, 0.1) is 5.41 Å². The lowest BCUT2D eigenvalue weighted by Crippen LogP contribution is -2.39. The van der Waals surface area contributed by atoms with E-state index in [1.165, 1.54) is 12.8 Å². The first-order chi connectivity index (χ1) is 5.58. The second-order valence-corrected chi connectivity index (χ2v) is 4.12. The van der Waals surface area contributed by atoms with Crippen LogP contribution in [0.5, 0.6) is 0 Å². The lowest BCUT2D eigenvalue weighted by atomic mass is 10.0. The largest absolute Gasteiger partial charge is 0.394 e. The molecule has 0 heterocycles. The predicted octanol–water partition coefficient (Wildman–Crippen LogP) is 0.118. The van der Waals surface area contributed by atoms with Gasteiger partial charge >= 0.3 is 0 Å². The second kappa shape index (κ2) is 3.73. The fourth-order valence-electron chi connectivity index (χ4n) is 1.25. The quantitative estimate of drug-likeness (QED) is 0.553. The van der Waals surface area contributed by atoms with Crippen LogP contribution in [0.25, 0.3) is 0 Å². The van der Waals surface area contributed by atoms with Gasteiger partial charge in [0, 0.05) is 12.6 Å². The Bertz CT molecular complexity index is 145. The van der Waals surface area contributed by atoms with Crippen molar-refractivity contribution < 1.29 is 10.2 Å². The third-order valence-electron chi connectivity index (χ3n) is 2.95. The Morgan fingerprint density at radius 1 is 1.50 bits per heavy atom. The van der Waals surface area contributed by atoms with E-state index in [1.54, 1.807) is 0 Å². The average Bonchev–Trinajstić information content (AvgIpc) is 2.80. The Balaban J connectivity index is 2.14. The number of hydrogen-bond donors (Lipinski definition) is 3. The lowest BCUT2D eigenvalue weighted by molar-refractivity contribution is 0.0900. The molecule has 3 nitrogen and oxygen atoms in total. The van der Waals surface area contributed by atoms with Gasteiger partial charge < -0.3 is 15.5 Å². The lowest BCUT2D eigenvalue weighted by Gasteiger charge is -2.21. The van der Waals surface area contributed by atoms with Crippen molar-refractivity contribution in [3.8, 4) is 0 Å². The molecule has 2 atom stereocenters. The molecule has 1 saturated carbocycles. The summed E-state index contributed by atoms with van der Waals surface area (Å²) in [6.45, 7) is 4.72. The van der Waals surface area contributed by atoms with E-state index in [0.717, 1.165) is 0 Å². The molecule has 3 N–H and O–H groups in total. The number of nitrogens with one attached hydrogen (secondary N) is 1. The number of aliphatic hydroxyl groups excluding tert-OH is 2. The standard InChI is InChI=1S/C9H19NO2/c1-7(9(2)3-4-9)10-5-8(12)6-11/h7-8,10-12H,3-6H2,1-2H3. The van der Waals surface area contributed by atoms with Crippen LogP contribution in [-0.4, -0.2) is 35.5 Å². The summed E-state index contributed by atoms with van der Waals surface area (Å²) in [6, 6.07) is 0.443. The molecule has 0 spiro atoms. The van der Waals surface area contributed by atoms with Crippen molar-refractivity contribution in [2.45, 2.75) is 38.8 Å². The molecule has 0 aromatic carbocycles. The smallest absolute Gasteiger partial charge is 0.0895 e. The molecule has 0 bridgehead atoms. The fourth-order valence-corrected chi connectivity index (χ4v) is 1.25. The summed E-state index contributed by atoms with van der Waals surface area (Å²) in [5.41, 5.74) is 0.440. The van der Waals surface area contributed by atoms with Gasteiger partial charge in [-0.05, 0) is 25.2 Å². The first-order valence-corrected chi connectivity index (χ1v) is 4.61. The van der Waals surface area contributed by atoms with Gasteiger partial charge in [0.2, 0.25) is 0 Å². The highest BCUT2D eigenvalue weighted by Gasteiger charge is 2.42. The first-order valence-electron chi connectivity index (χ1n) is 4.61. The van der Waals surface area contributed by atoms with Crippen molar-refractivity contribution in [1.29, 1.82) is 0 Å². The molecular formula is C9H19NO2. The molecule has 3 heteroatoms. The van der Waals surface area contributed by atoms with Gasteiger partial charge in [-0.15, -0.1) is 0 Å². The highest BCUT2D eigenvalue weighted by Crippen LogP contribution is 2.47. The molecular weight excluding hydrogens is 154 g/mol. The van der Waals surface area contributed by atoms with Crippen molar-refractivity contribution in [1.82, 2.24) is 5.32 Å². The Morgan fingerprint density at radius 2 is 2.08 bits per heavy atom. The van der Waals surface area contributed by atoms with E-state index in [1.807, 2.05) is 0 Å². The van der Waals surface area contributed by atoms with E-state index >= 15 is 0 Å². The Labute approximate surface area is 73.8 Å². The molecule has 12 heavy (non-hydrogen) atoms. The van der Waals surface area contributed by atoms with Crippen LogP contribution >= 0.6 is 0 Å². The average molecular weight is 173 g/mol. The maximum atomic E-state index is 9.08. The van der Waals surface area contributed by atoms with Gasteiger partial charge in [0.1, 0.15) is 0 Å². The molecule has 1 aliphatic carbocycles. The minimum atomic E-state index is -0.616. The van der Waals surface area contributed by atoms with Crippen LogP contribution in [0.15, 0.2) is 0 Å². The summed E-state index contributed by atoms with van der Waals surface area (Å²) in [7, 11) is 0. The van der Waals surface area contributed by atoms with Crippen molar-refractivity contribution in [2.24, 2.45) is 5.41 Å². The summed E-state index contributed by atoms with van der Waals surface area (Å²) in [5.74, 6) is 0. The first kappa shape index (κ1) is 9.96. The minimum Gasteiger partial charge on any atom is -0.394 e. The molecule has 0 aliphatic heterocycles. The molecule has 1 rings (SSSR count). The van der Waals surface area contributed by atoms with E-state index in [-0.39, 0.29) is 6.61 Å². The third-order valence-corrected chi connectivity index (χ3v) is 2.95. The van der Waals surface area contributed by atoms with Gasteiger partial charge in [0.15, 0.2) is 0 Å². The van der Waals surface area contributed by atoms with Crippen LogP contribution in [0.4, 0.5) is 0 Å². The van der Waals surface area contributed by atoms with Gasteiger partial charge in [0.25, 0.3) is 0 Å². The molecule has 0 saturated heterocycles. The van der Waals surface area contributed by atoms with Crippen LogP contribution in [0.1, 0.15) is 26.7 Å². The number of hydrogen-bond acceptors (Lipinski definition) is 3. The second-order valence-electron chi connectivity index (χ2n) is 4.12. The molecule has 72 valence electrons. The summed E-state index contributed by atoms with van der Waals surface area (Å²) in [5, 5.41) is 20.9. The number of aliphatic hydroxyl groups is 2. The van der Waals surface area contributed by atoms with Gasteiger partial charge in [-0.25, -0.2) is 0 Å². The van der Waals surface area contributed by atoms with Crippen molar-refractivity contribution in [2.75, 3.05) is 13.2 Å². The molecule has 0 amide bonds. The van der Waals surface area contributed by atoms with Crippen molar-refractivity contribution in [3.63, 3.8) is 0 Å². The molecule has 0 aromatic heterocycles. The van der Waals surface area contributed by atoms with E-state index in [2.05, 4.69) is 19.2 Å². The highest BCUT2D eigenvalue weighted by atomic mass is 16.3. The maximum absolute atomic E-state index is 9.08. The van der Waals surface area contributed by atoms with Gasteiger partial charge in [0.05, 0.1) is 12.7 Å². The van der Waals surface area contributed by atoms with Crippen LogP contribution in [-0.2, 0) is 0 Å². The van der Waals surface area contributed by atoms with Crippen LogP contribution in [0.3, 0.4) is 0 Å².